The third kappa shape index (κ3) is 2.00. The number of benzene rings is 1. The molecule has 130 valence electrons. The molecule has 0 unspecified atom stereocenters. The van der Waals surface area contributed by atoms with E-state index in [1.807, 2.05) is 36.0 Å². The number of thiophene rings is 1. The maximum absolute atomic E-state index is 13.2. The molecule has 3 aromatic heterocycles. The molecule has 0 aliphatic heterocycles. The summed E-state index contributed by atoms with van der Waals surface area (Å²) in [4.78, 5) is 41.9. The number of hydrogen-bond donors (Lipinski definition) is 1. The average Bonchev–Trinajstić information content (AvgIpc) is 3.16. The SMILES string of the molecule is Cn1ccc2cc(-n3c(=O)[nH]c4sc5c(c4c3=O)CCCC5=O)ccc21. The maximum Gasteiger partial charge on any atom is 0.334 e. The van der Waals surface area contributed by atoms with Gasteiger partial charge >= 0.3 is 5.69 Å². The lowest BCUT2D eigenvalue weighted by Crippen LogP contribution is -2.33. The van der Waals surface area contributed by atoms with E-state index in [9.17, 15) is 14.4 Å². The van der Waals surface area contributed by atoms with Crippen molar-refractivity contribution in [2.45, 2.75) is 19.3 Å². The van der Waals surface area contributed by atoms with Crippen LogP contribution in [0.15, 0.2) is 40.1 Å². The van der Waals surface area contributed by atoms with Gasteiger partial charge in [0.05, 0.1) is 16.0 Å². The number of nitrogens with one attached hydrogen (secondary N) is 1. The van der Waals surface area contributed by atoms with Gasteiger partial charge in [-0.05, 0) is 42.7 Å². The van der Waals surface area contributed by atoms with Gasteiger partial charge in [0, 0.05) is 30.6 Å². The third-order valence-corrected chi connectivity index (χ3v) is 6.25. The van der Waals surface area contributed by atoms with Gasteiger partial charge in [0.15, 0.2) is 5.78 Å². The molecule has 1 aliphatic rings. The first-order chi connectivity index (χ1) is 12.5. The van der Waals surface area contributed by atoms with E-state index in [0.717, 1.165) is 22.9 Å². The molecule has 0 radical (unpaired) electrons. The van der Waals surface area contributed by atoms with Crippen LogP contribution in [-0.4, -0.2) is 19.9 Å². The Hall–Kier alpha value is -2.93. The molecule has 0 spiro atoms. The van der Waals surface area contributed by atoms with Gasteiger partial charge in [0.2, 0.25) is 0 Å². The third-order valence-electron chi connectivity index (χ3n) is 5.06. The average molecular weight is 365 g/mol. The predicted octanol–water partition coefficient (Wildman–Crippen LogP) is 2.75. The molecular formula is C19H15N3O3S. The summed E-state index contributed by atoms with van der Waals surface area (Å²) in [5.41, 5.74) is 1.50. The molecule has 1 N–H and O–H groups in total. The van der Waals surface area contributed by atoms with E-state index in [1.54, 1.807) is 6.07 Å². The molecule has 0 saturated carbocycles. The summed E-state index contributed by atoms with van der Waals surface area (Å²) in [7, 11) is 1.95. The van der Waals surface area contributed by atoms with Crippen LogP contribution < -0.4 is 11.2 Å². The number of carbonyl (C=O) groups is 1. The predicted molar refractivity (Wildman–Crippen MR) is 102 cm³/mol. The van der Waals surface area contributed by atoms with Crippen molar-refractivity contribution >= 4 is 38.2 Å². The molecule has 0 atom stereocenters. The van der Waals surface area contributed by atoms with Crippen LogP contribution in [0.2, 0.25) is 0 Å². The molecule has 0 saturated heterocycles. The summed E-state index contributed by atoms with van der Waals surface area (Å²) in [6, 6.07) is 7.45. The molecule has 1 aliphatic carbocycles. The van der Waals surface area contributed by atoms with Crippen LogP contribution >= 0.6 is 11.3 Å². The standard InChI is InChI=1S/C19H15N3O3S/c1-21-8-7-10-9-11(5-6-13(10)21)22-18(24)15-12-3-2-4-14(23)16(12)26-17(15)20-19(22)25/h5-9H,2-4H2,1H3,(H,20,25). The van der Waals surface area contributed by atoms with Crippen molar-refractivity contribution in [1.82, 2.24) is 14.1 Å². The Labute approximate surface area is 151 Å². The summed E-state index contributed by atoms with van der Waals surface area (Å²) in [5, 5.41) is 1.43. The van der Waals surface area contributed by atoms with Gasteiger partial charge < -0.3 is 4.57 Å². The van der Waals surface area contributed by atoms with Crippen molar-refractivity contribution in [2.24, 2.45) is 7.05 Å². The summed E-state index contributed by atoms with van der Waals surface area (Å²) in [6.45, 7) is 0. The van der Waals surface area contributed by atoms with Crippen molar-refractivity contribution in [2.75, 3.05) is 0 Å². The molecule has 6 nitrogen and oxygen atoms in total. The minimum absolute atomic E-state index is 0.0601. The fraction of sp³-hybridized carbons (Fsp3) is 0.211. The van der Waals surface area contributed by atoms with Crippen molar-refractivity contribution in [1.29, 1.82) is 0 Å². The van der Waals surface area contributed by atoms with E-state index in [-0.39, 0.29) is 11.3 Å². The highest BCUT2D eigenvalue weighted by Crippen LogP contribution is 2.33. The summed E-state index contributed by atoms with van der Waals surface area (Å²) < 4.78 is 3.15. The van der Waals surface area contributed by atoms with E-state index in [2.05, 4.69) is 4.98 Å². The topological polar surface area (TPSA) is 76.9 Å². The minimum atomic E-state index is -0.483. The largest absolute Gasteiger partial charge is 0.351 e. The number of fused-ring (bicyclic) bond motifs is 4. The molecule has 4 aromatic rings. The van der Waals surface area contributed by atoms with Crippen molar-refractivity contribution in [3.63, 3.8) is 0 Å². The summed E-state index contributed by atoms with van der Waals surface area (Å²) in [5.74, 6) is 0.0601. The number of H-pyrrole nitrogens is 1. The number of Topliss-reactive ketones (excluding diaryl/α,β-unsaturated/α-hetero) is 1. The zero-order chi connectivity index (χ0) is 18.0. The normalized spacial score (nSPS) is 14.3. The van der Waals surface area contributed by atoms with E-state index in [4.69, 9.17) is 0 Å². The van der Waals surface area contributed by atoms with Gasteiger partial charge in [0.25, 0.3) is 5.56 Å². The molecule has 5 rings (SSSR count). The summed E-state index contributed by atoms with van der Waals surface area (Å²) in [6.07, 6.45) is 3.88. The van der Waals surface area contributed by atoms with Crippen LogP contribution in [0, 0.1) is 0 Å². The molecule has 0 fully saturated rings. The lowest BCUT2D eigenvalue weighted by Gasteiger charge is -2.10. The van der Waals surface area contributed by atoms with Crippen LogP contribution in [0.1, 0.15) is 28.1 Å². The fourth-order valence-electron chi connectivity index (χ4n) is 3.78. The zero-order valence-electron chi connectivity index (χ0n) is 14.0. The second-order valence-electron chi connectivity index (χ2n) is 6.63. The Morgan fingerprint density at radius 1 is 1.12 bits per heavy atom. The lowest BCUT2D eigenvalue weighted by molar-refractivity contribution is 0.0977. The first kappa shape index (κ1) is 15.3. The zero-order valence-corrected chi connectivity index (χ0v) is 14.9. The molecule has 3 heterocycles. The second kappa shape index (κ2) is 5.28. The molecule has 0 amide bonds. The van der Waals surface area contributed by atoms with Gasteiger partial charge in [-0.2, -0.15) is 0 Å². The Bertz CT molecular complexity index is 1340. The smallest absolute Gasteiger partial charge is 0.334 e. The van der Waals surface area contributed by atoms with Gasteiger partial charge in [-0.1, -0.05) is 0 Å². The minimum Gasteiger partial charge on any atom is -0.351 e. The Balaban J connectivity index is 1.83. The van der Waals surface area contributed by atoms with E-state index >= 15 is 0 Å². The molecule has 0 bridgehead atoms. The highest BCUT2D eigenvalue weighted by atomic mass is 32.1. The van der Waals surface area contributed by atoms with Crippen LogP contribution in [0.3, 0.4) is 0 Å². The Morgan fingerprint density at radius 2 is 1.96 bits per heavy atom. The number of rotatable bonds is 1. The van der Waals surface area contributed by atoms with Crippen LogP contribution in [0.5, 0.6) is 0 Å². The number of aryl methyl sites for hydroxylation is 2. The molecular weight excluding hydrogens is 350 g/mol. The van der Waals surface area contributed by atoms with E-state index < -0.39 is 5.69 Å². The van der Waals surface area contributed by atoms with Gasteiger partial charge in [-0.3, -0.25) is 14.6 Å². The monoisotopic (exact) mass is 365 g/mol. The first-order valence-electron chi connectivity index (χ1n) is 8.44. The van der Waals surface area contributed by atoms with Gasteiger partial charge in [0.1, 0.15) is 4.83 Å². The number of aromatic amines is 1. The Kier molecular flexibility index (Phi) is 3.12. The van der Waals surface area contributed by atoms with Gasteiger partial charge in [-0.15, -0.1) is 11.3 Å². The van der Waals surface area contributed by atoms with Crippen LogP contribution in [0.4, 0.5) is 0 Å². The number of carbonyl (C=O) groups excluding carboxylic acids is 1. The van der Waals surface area contributed by atoms with Crippen molar-refractivity contribution < 1.29 is 4.79 Å². The number of aromatic nitrogens is 3. The Morgan fingerprint density at radius 3 is 2.81 bits per heavy atom. The quantitative estimate of drug-likeness (QED) is 0.563. The van der Waals surface area contributed by atoms with Crippen molar-refractivity contribution in [3.8, 4) is 5.69 Å². The second-order valence-corrected chi connectivity index (χ2v) is 7.65. The number of ketones is 1. The number of hydrogen-bond acceptors (Lipinski definition) is 4. The van der Waals surface area contributed by atoms with Crippen LogP contribution in [-0.2, 0) is 13.5 Å². The van der Waals surface area contributed by atoms with E-state index in [0.29, 0.717) is 33.6 Å². The molecule has 26 heavy (non-hydrogen) atoms. The van der Waals surface area contributed by atoms with Crippen LogP contribution in [0.25, 0.3) is 26.8 Å². The fourth-order valence-corrected chi connectivity index (χ4v) is 4.98. The van der Waals surface area contributed by atoms with Gasteiger partial charge in [-0.25, -0.2) is 9.36 Å². The first-order valence-corrected chi connectivity index (χ1v) is 9.25. The highest BCUT2D eigenvalue weighted by Gasteiger charge is 2.26. The lowest BCUT2D eigenvalue weighted by atomic mass is 9.96. The molecule has 1 aromatic carbocycles. The maximum atomic E-state index is 13.2. The highest BCUT2D eigenvalue weighted by molar-refractivity contribution is 7.20. The molecule has 7 heteroatoms. The van der Waals surface area contributed by atoms with E-state index in [1.165, 1.54) is 15.9 Å². The van der Waals surface area contributed by atoms with Crippen molar-refractivity contribution in [3.05, 3.63) is 61.7 Å². The number of nitrogens with zero attached hydrogens (tertiary/aromatic N) is 2. The summed E-state index contributed by atoms with van der Waals surface area (Å²) >= 11 is 1.22.